The standard InChI is InChI=1S/C9H10N6O2/c10-1-3-14(4-2-11)5-6-15-7-8(9(16)17)12-13-15/h7H,3-6H2,(H,16,17). The van der Waals surface area contributed by atoms with E-state index in [1.54, 1.807) is 4.90 Å². The summed E-state index contributed by atoms with van der Waals surface area (Å²) in [6.07, 6.45) is 1.30. The first kappa shape index (κ1) is 12.6. The molecule has 0 saturated heterocycles. The van der Waals surface area contributed by atoms with Gasteiger partial charge in [-0.2, -0.15) is 10.5 Å². The SMILES string of the molecule is N#CCN(CC#N)CCn1cc(C(=O)O)nn1. The van der Waals surface area contributed by atoms with Crippen LogP contribution < -0.4 is 0 Å². The van der Waals surface area contributed by atoms with Crippen LogP contribution in [0, 0.1) is 22.7 Å². The third-order valence-corrected chi connectivity index (χ3v) is 1.99. The Morgan fingerprint density at radius 1 is 1.47 bits per heavy atom. The van der Waals surface area contributed by atoms with Crippen LogP contribution in [0.2, 0.25) is 0 Å². The minimum atomic E-state index is -1.14. The van der Waals surface area contributed by atoms with E-state index in [0.29, 0.717) is 13.1 Å². The van der Waals surface area contributed by atoms with Crippen molar-refractivity contribution in [2.45, 2.75) is 6.54 Å². The number of carbonyl (C=O) groups is 1. The molecule has 0 radical (unpaired) electrons. The Morgan fingerprint density at radius 2 is 2.12 bits per heavy atom. The molecule has 0 bridgehead atoms. The molecule has 0 aromatic carbocycles. The van der Waals surface area contributed by atoms with E-state index >= 15 is 0 Å². The topological polar surface area (TPSA) is 119 Å². The second-order valence-corrected chi connectivity index (χ2v) is 3.20. The molecule has 1 aromatic rings. The molecule has 88 valence electrons. The predicted molar refractivity (Wildman–Crippen MR) is 54.6 cm³/mol. The zero-order chi connectivity index (χ0) is 12.7. The van der Waals surface area contributed by atoms with E-state index in [1.807, 2.05) is 12.1 Å². The van der Waals surface area contributed by atoms with Crippen LogP contribution in [0.1, 0.15) is 10.5 Å². The molecule has 0 aliphatic carbocycles. The number of carboxylic acid groups (broad SMARTS) is 1. The van der Waals surface area contributed by atoms with Crippen LogP contribution in [0.15, 0.2) is 6.20 Å². The van der Waals surface area contributed by atoms with E-state index in [1.165, 1.54) is 10.9 Å². The smallest absolute Gasteiger partial charge is 0.358 e. The fraction of sp³-hybridized carbons (Fsp3) is 0.444. The van der Waals surface area contributed by atoms with E-state index in [0.717, 1.165) is 0 Å². The number of aromatic nitrogens is 3. The second kappa shape index (κ2) is 6.20. The maximum Gasteiger partial charge on any atom is 0.358 e. The lowest BCUT2D eigenvalue weighted by Gasteiger charge is -2.14. The van der Waals surface area contributed by atoms with Gasteiger partial charge in [-0.25, -0.2) is 4.79 Å². The minimum absolute atomic E-state index is 0.128. The summed E-state index contributed by atoms with van der Waals surface area (Å²) in [5.74, 6) is -1.14. The quantitative estimate of drug-likeness (QED) is 0.648. The number of rotatable bonds is 6. The van der Waals surface area contributed by atoms with Gasteiger partial charge >= 0.3 is 5.97 Å². The molecule has 0 fully saturated rings. The molecule has 1 N–H and O–H groups in total. The molecule has 0 saturated carbocycles. The van der Waals surface area contributed by atoms with E-state index in [2.05, 4.69) is 10.3 Å². The number of carboxylic acids is 1. The second-order valence-electron chi connectivity index (χ2n) is 3.20. The Kier molecular flexibility index (Phi) is 4.60. The molecular weight excluding hydrogens is 224 g/mol. The van der Waals surface area contributed by atoms with Crippen molar-refractivity contribution in [2.24, 2.45) is 0 Å². The summed E-state index contributed by atoms with van der Waals surface area (Å²) in [7, 11) is 0. The highest BCUT2D eigenvalue weighted by atomic mass is 16.4. The van der Waals surface area contributed by atoms with Gasteiger partial charge in [0.15, 0.2) is 5.69 Å². The zero-order valence-electron chi connectivity index (χ0n) is 8.94. The molecule has 0 atom stereocenters. The summed E-state index contributed by atoms with van der Waals surface area (Å²) in [6.45, 7) is 1.11. The monoisotopic (exact) mass is 234 g/mol. The Labute approximate surface area is 97.3 Å². The van der Waals surface area contributed by atoms with Crippen LogP contribution in [0.4, 0.5) is 0 Å². The lowest BCUT2D eigenvalue weighted by Crippen LogP contribution is -2.28. The van der Waals surface area contributed by atoms with Gasteiger partial charge in [-0.1, -0.05) is 5.21 Å². The molecule has 8 nitrogen and oxygen atoms in total. The molecular formula is C9H10N6O2. The summed E-state index contributed by atoms with van der Waals surface area (Å²) in [5.41, 5.74) is -0.128. The summed E-state index contributed by atoms with van der Waals surface area (Å²) >= 11 is 0. The summed E-state index contributed by atoms with van der Waals surface area (Å²) in [4.78, 5) is 12.2. The van der Waals surface area contributed by atoms with Gasteiger partial charge < -0.3 is 5.11 Å². The average Bonchev–Trinajstić information content (AvgIpc) is 2.75. The van der Waals surface area contributed by atoms with Crippen molar-refractivity contribution in [3.63, 3.8) is 0 Å². The van der Waals surface area contributed by atoms with Gasteiger partial charge in [0.1, 0.15) is 0 Å². The summed E-state index contributed by atoms with van der Waals surface area (Å²) in [5, 5.41) is 32.8. The Morgan fingerprint density at radius 3 is 2.59 bits per heavy atom. The lowest BCUT2D eigenvalue weighted by molar-refractivity contribution is 0.0690. The van der Waals surface area contributed by atoms with Crippen molar-refractivity contribution in [3.8, 4) is 12.1 Å². The molecule has 8 heteroatoms. The largest absolute Gasteiger partial charge is 0.476 e. The number of hydrogen-bond acceptors (Lipinski definition) is 6. The molecule has 0 unspecified atom stereocenters. The van der Waals surface area contributed by atoms with Crippen molar-refractivity contribution in [1.82, 2.24) is 19.9 Å². The van der Waals surface area contributed by atoms with Gasteiger partial charge in [-0.3, -0.25) is 9.58 Å². The van der Waals surface area contributed by atoms with Crippen LogP contribution in [-0.4, -0.2) is 50.6 Å². The van der Waals surface area contributed by atoms with Crippen LogP contribution >= 0.6 is 0 Å². The van der Waals surface area contributed by atoms with E-state index in [9.17, 15) is 4.79 Å². The third kappa shape index (κ3) is 3.89. The van der Waals surface area contributed by atoms with Gasteiger partial charge in [0, 0.05) is 6.54 Å². The zero-order valence-corrected chi connectivity index (χ0v) is 8.94. The van der Waals surface area contributed by atoms with Crippen LogP contribution in [0.5, 0.6) is 0 Å². The van der Waals surface area contributed by atoms with Gasteiger partial charge in [0.25, 0.3) is 0 Å². The number of nitrogens with zero attached hydrogens (tertiary/aromatic N) is 6. The van der Waals surface area contributed by atoms with Crippen molar-refractivity contribution < 1.29 is 9.90 Å². The molecule has 0 amide bonds. The average molecular weight is 234 g/mol. The maximum atomic E-state index is 10.5. The lowest BCUT2D eigenvalue weighted by atomic mass is 10.4. The Bertz CT molecular complexity index is 453. The first-order valence-electron chi connectivity index (χ1n) is 4.77. The molecule has 0 spiro atoms. The van der Waals surface area contributed by atoms with Gasteiger partial charge in [0.05, 0.1) is 38.0 Å². The molecule has 0 aliphatic heterocycles. The molecule has 0 aliphatic rings. The first-order chi connectivity index (χ1) is 8.17. The molecule has 17 heavy (non-hydrogen) atoms. The maximum absolute atomic E-state index is 10.5. The summed E-state index contributed by atoms with van der Waals surface area (Å²) in [6, 6.07) is 3.90. The van der Waals surface area contributed by atoms with Crippen LogP contribution in [-0.2, 0) is 6.54 Å². The Hall–Kier alpha value is -2.45. The highest BCUT2D eigenvalue weighted by Crippen LogP contribution is 1.94. The molecule has 1 rings (SSSR count). The van der Waals surface area contributed by atoms with Crippen molar-refractivity contribution in [3.05, 3.63) is 11.9 Å². The van der Waals surface area contributed by atoms with Gasteiger partial charge in [-0.15, -0.1) is 5.10 Å². The number of aromatic carboxylic acids is 1. The van der Waals surface area contributed by atoms with Gasteiger partial charge in [0.2, 0.25) is 0 Å². The Balaban J connectivity index is 2.51. The number of nitriles is 2. The van der Waals surface area contributed by atoms with Crippen molar-refractivity contribution >= 4 is 5.97 Å². The van der Waals surface area contributed by atoms with E-state index < -0.39 is 5.97 Å². The van der Waals surface area contributed by atoms with Gasteiger partial charge in [-0.05, 0) is 0 Å². The third-order valence-electron chi connectivity index (χ3n) is 1.99. The fourth-order valence-electron chi connectivity index (χ4n) is 1.16. The molecule has 1 aromatic heterocycles. The highest BCUT2D eigenvalue weighted by Gasteiger charge is 2.09. The summed E-state index contributed by atoms with van der Waals surface area (Å²) < 4.78 is 1.37. The predicted octanol–water partition coefficient (Wildman–Crippen LogP) is -0.675. The first-order valence-corrected chi connectivity index (χ1v) is 4.77. The number of hydrogen-bond donors (Lipinski definition) is 1. The van der Waals surface area contributed by atoms with Crippen molar-refractivity contribution in [1.29, 1.82) is 10.5 Å². The fourth-order valence-corrected chi connectivity index (χ4v) is 1.16. The van der Waals surface area contributed by atoms with Crippen LogP contribution in [0.25, 0.3) is 0 Å². The normalized spacial score (nSPS) is 9.82. The minimum Gasteiger partial charge on any atom is -0.476 e. The molecule has 1 heterocycles. The van der Waals surface area contributed by atoms with Crippen molar-refractivity contribution in [2.75, 3.05) is 19.6 Å². The van der Waals surface area contributed by atoms with Crippen LogP contribution in [0.3, 0.4) is 0 Å². The van der Waals surface area contributed by atoms with E-state index in [-0.39, 0.29) is 18.8 Å². The van der Waals surface area contributed by atoms with E-state index in [4.69, 9.17) is 15.6 Å². The highest BCUT2D eigenvalue weighted by molar-refractivity contribution is 5.84.